The molecule has 19 heteroatoms. The molecule has 3 rings (SSSR count). The molecule has 194 valence electrons. The summed E-state index contributed by atoms with van der Waals surface area (Å²) in [5, 5.41) is 30.1. The molecular formula is C15H24N3O14P2-. The van der Waals surface area contributed by atoms with Crippen LogP contribution >= 0.6 is 15.6 Å². The quantitative estimate of drug-likeness (QED) is 0.178. The van der Waals surface area contributed by atoms with Crippen molar-refractivity contribution < 1.29 is 57.1 Å². The SMILES string of the molecule is CC1C[C@H](N)C(O)[C@@H](OP(=O)([O-])OP(=O)(O)OC[C@H]2O[C@@H](n3ccc(=O)[nH]c3=O)C(O)[C@H]2O)O1. The van der Waals surface area contributed by atoms with Crippen LogP contribution in [-0.4, -0.2) is 79.2 Å². The predicted molar refractivity (Wildman–Crippen MR) is 106 cm³/mol. The fourth-order valence-corrected chi connectivity index (χ4v) is 5.48. The topological polar surface area (TPSA) is 265 Å². The molecule has 2 fully saturated rings. The Morgan fingerprint density at radius 2 is 1.91 bits per heavy atom. The molecule has 0 radical (unpaired) electrons. The van der Waals surface area contributed by atoms with Crippen molar-refractivity contribution in [2.24, 2.45) is 5.73 Å². The summed E-state index contributed by atoms with van der Waals surface area (Å²) >= 11 is 0. The molecule has 0 saturated carbocycles. The Hall–Kier alpha value is -1.30. The molecule has 0 amide bonds. The van der Waals surface area contributed by atoms with Crippen LogP contribution in [-0.2, 0) is 32.0 Å². The molecule has 3 heterocycles. The normalized spacial score (nSPS) is 37.7. The fourth-order valence-electron chi connectivity index (χ4n) is 3.37. The van der Waals surface area contributed by atoms with E-state index in [1.807, 2.05) is 4.98 Å². The van der Waals surface area contributed by atoms with Crippen molar-refractivity contribution in [1.82, 2.24) is 9.55 Å². The Labute approximate surface area is 190 Å². The number of aliphatic hydroxyl groups excluding tert-OH is 3. The first kappa shape index (κ1) is 27.3. The lowest BCUT2D eigenvalue weighted by Gasteiger charge is -2.38. The van der Waals surface area contributed by atoms with Gasteiger partial charge in [-0.1, -0.05) is 0 Å². The molecule has 0 spiro atoms. The van der Waals surface area contributed by atoms with Crippen LogP contribution in [0.2, 0.25) is 0 Å². The van der Waals surface area contributed by atoms with E-state index in [0.29, 0.717) is 0 Å². The van der Waals surface area contributed by atoms with Crippen LogP contribution in [0.3, 0.4) is 0 Å². The minimum absolute atomic E-state index is 0.203. The van der Waals surface area contributed by atoms with Gasteiger partial charge in [0, 0.05) is 18.3 Å². The van der Waals surface area contributed by atoms with Gasteiger partial charge in [-0.3, -0.25) is 28.0 Å². The van der Waals surface area contributed by atoms with E-state index >= 15 is 0 Å². The molecule has 17 nitrogen and oxygen atoms in total. The molecule has 34 heavy (non-hydrogen) atoms. The first-order valence-electron chi connectivity index (χ1n) is 9.79. The van der Waals surface area contributed by atoms with E-state index in [1.165, 1.54) is 6.92 Å². The summed E-state index contributed by atoms with van der Waals surface area (Å²) in [5.41, 5.74) is 3.96. The zero-order valence-corrected chi connectivity index (χ0v) is 19.3. The molecule has 10 atom stereocenters. The maximum absolute atomic E-state index is 12.1. The van der Waals surface area contributed by atoms with Crippen molar-refractivity contribution in [3.05, 3.63) is 33.1 Å². The zero-order valence-electron chi connectivity index (χ0n) is 17.5. The van der Waals surface area contributed by atoms with Gasteiger partial charge in [0.2, 0.25) is 0 Å². The van der Waals surface area contributed by atoms with Gasteiger partial charge in [0.05, 0.1) is 12.7 Å². The van der Waals surface area contributed by atoms with Crippen molar-refractivity contribution in [1.29, 1.82) is 0 Å². The summed E-state index contributed by atoms with van der Waals surface area (Å²) in [6.45, 7) is 0.569. The predicted octanol–water partition coefficient (Wildman–Crippen LogP) is -3.40. The number of H-pyrrole nitrogens is 1. The molecule has 0 aliphatic carbocycles. The van der Waals surface area contributed by atoms with Crippen molar-refractivity contribution in [3.8, 4) is 0 Å². The molecule has 5 unspecified atom stereocenters. The molecule has 7 N–H and O–H groups in total. The number of aliphatic hydroxyl groups is 3. The van der Waals surface area contributed by atoms with Gasteiger partial charge < -0.3 is 40.3 Å². The summed E-state index contributed by atoms with van der Waals surface area (Å²) in [4.78, 5) is 46.8. The van der Waals surface area contributed by atoms with Crippen molar-refractivity contribution in [2.75, 3.05) is 6.61 Å². The second-order valence-corrected chi connectivity index (χ2v) is 10.6. The molecule has 2 aliphatic rings. The van der Waals surface area contributed by atoms with Gasteiger partial charge in [0.15, 0.2) is 12.5 Å². The minimum Gasteiger partial charge on any atom is -0.756 e. The Balaban J connectivity index is 1.60. The van der Waals surface area contributed by atoms with E-state index in [-0.39, 0.29) is 6.42 Å². The number of nitrogens with zero attached hydrogens (tertiary/aromatic N) is 1. The maximum atomic E-state index is 12.1. The van der Waals surface area contributed by atoms with Crippen molar-refractivity contribution in [3.63, 3.8) is 0 Å². The second kappa shape index (κ2) is 10.4. The molecule has 2 saturated heterocycles. The Morgan fingerprint density at radius 3 is 2.56 bits per heavy atom. The molecule has 2 aliphatic heterocycles. The van der Waals surface area contributed by atoms with Crippen LogP contribution < -0.4 is 21.9 Å². The third kappa shape index (κ3) is 6.47. The number of aromatic nitrogens is 2. The minimum atomic E-state index is -5.59. The molecular weight excluding hydrogens is 508 g/mol. The van der Waals surface area contributed by atoms with E-state index in [2.05, 4.69) is 13.4 Å². The number of phosphoric acid groups is 2. The van der Waals surface area contributed by atoms with Crippen molar-refractivity contribution in [2.45, 2.75) is 62.4 Å². The van der Waals surface area contributed by atoms with Gasteiger partial charge in [-0.15, -0.1) is 0 Å². The van der Waals surface area contributed by atoms with Crippen LogP contribution in [0.1, 0.15) is 19.6 Å². The number of rotatable bonds is 8. The van der Waals surface area contributed by atoms with Crippen LogP contribution in [0, 0.1) is 0 Å². The Bertz CT molecular complexity index is 1080. The highest BCUT2D eigenvalue weighted by Crippen LogP contribution is 2.59. The van der Waals surface area contributed by atoms with Gasteiger partial charge in [0.1, 0.15) is 24.4 Å². The lowest BCUT2D eigenvalue weighted by molar-refractivity contribution is -0.265. The number of nitrogens with one attached hydrogen (secondary N) is 1. The summed E-state index contributed by atoms with van der Waals surface area (Å²) in [5.74, 6) is 0. The molecule has 0 aromatic carbocycles. The van der Waals surface area contributed by atoms with Crippen LogP contribution in [0.5, 0.6) is 0 Å². The first-order chi connectivity index (χ1) is 15.7. The smallest absolute Gasteiger partial charge is 0.478 e. The number of phosphoric ester groups is 2. The van der Waals surface area contributed by atoms with Gasteiger partial charge >= 0.3 is 13.5 Å². The second-order valence-electron chi connectivity index (χ2n) is 7.67. The third-order valence-corrected chi connectivity index (χ3v) is 7.56. The van der Waals surface area contributed by atoms with Crippen molar-refractivity contribution >= 4 is 15.6 Å². The average molecular weight is 532 g/mol. The van der Waals surface area contributed by atoms with Gasteiger partial charge in [-0.2, -0.15) is 0 Å². The number of nitrogens with two attached hydrogens (primary N) is 1. The highest BCUT2D eigenvalue weighted by atomic mass is 31.3. The van der Waals surface area contributed by atoms with E-state index in [4.69, 9.17) is 15.2 Å². The lowest BCUT2D eigenvalue weighted by Crippen LogP contribution is -2.52. The summed E-state index contributed by atoms with van der Waals surface area (Å²) < 4.78 is 48.4. The van der Waals surface area contributed by atoms with E-state index in [9.17, 15) is 43.8 Å². The highest BCUT2D eigenvalue weighted by molar-refractivity contribution is 7.60. The average Bonchev–Trinajstić information content (AvgIpc) is 2.97. The summed E-state index contributed by atoms with van der Waals surface area (Å²) in [7, 11) is -11.0. The fraction of sp³-hybridized carbons (Fsp3) is 0.733. The van der Waals surface area contributed by atoms with E-state index in [0.717, 1.165) is 16.8 Å². The third-order valence-electron chi connectivity index (χ3n) is 4.99. The first-order valence-corrected chi connectivity index (χ1v) is 12.7. The largest absolute Gasteiger partial charge is 0.756 e. The van der Waals surface area contributed by atoms with Gasteiger partial charge in [0.25, 0.3) is 13.4 Å². The van der Waals surface area contributed by atoms with E-state index < -0.39 is 82.6 Å². The number of ether oxygens (including phenoxy) is 2. The lowest BCUT2D eigenvalue weighted by atomic mass is 10.0. The zero-order chi connectivity index (χ0) is 25.4. The number of aromatic amines is 1. The number of hydrogen-bond acceptors (Lipinski definition) is 14. The molecule has 1 aromatic rings. The molecule has 0 bridgehead atoms. The summed E-state index contributed by atoms with van der Waals surface area (Å²) in [6, 6.07) is 0.0665. The van der Waals surface area contributed by atoms with E-state index in [1.54, 1.807) is 0 Å². The number of hydrogen-bond donors (Lipinski definition) is 6. The maximum Gasteiger partial charge on any atom is 0.478 e. The highest BCUT2D eigenvalue weighted by Gasteiger charge is 2.46. The molecule has 1 aromatic heterocycles. The monoisotopic (exact) mass is 532 g/mol. The Kier molecular flexibility index (Phi) is 8.32. The Morgan fingerprint density at radius 1 is 1.24 bits per heavy atom. The standard InChI is InChI=1S/C15H25N3O14P2/c1-6-4-7(16)10(20)14(29-6)31-34(26,27)32-33(24,25)28-5-8-11(21)12(22)13(30-8)18-3-2-9(19)17-15(18)23/h2-3,6-8,10-14,20-22H,4-5,16H2,1H3,(H,24,25)(H,26,27)(H,17,19,23)/p-1/t6?,7-,8+,10?,11-,12?,13+,14+/m0/s1. The summed E-state index contributed by atoms with van der Waals surface area (Å²) in [6.07, 6.45) is -9.25. The van der Waals surface area contributed by atoms with Crippen LogP contribution in [0.15, 0.2) is 21.9 Å². The van der Waals surface area contributed by atoms with Gasteiger partial charge in [-0.05, 0) is 13.3 Å². The van der Waals surface area contributed by atoms with Crippen LogP contribution in [0.4, 0.5) is 0 Å². The van der Waals surface area contributed by atoms with Gasteiger partial charge in [-0.25, -0.2) is 13.7 Å². The van der Waals surface area contributed by atoms with Crippen LogP contribution in [0.25, 0.3) is 0 Å².